The normalized spacial score (nSPS) is 10.9. The molecule has 32 heavy (non-hydrogen) atoms. The maximum Gasteiger partial charge on any atom is 0.416 e. The van der Waals surface area contributed by atoms with Crippen LogP contribution in [0.15, 0.2) is 36.4 Å². The Balaban J connectivity index is 2.07. The zero-order valence-electron chi connectivity index (χ0n) is 18.0. The van der Waals surface area contributed by atoms with Crippen molar-refractivity contribution in [3.63, 3.8) is 0 Å². The molecule has 0 unspecified atom stereocenters. The van der Waals surface area contributed by atoms with Crippen LogP contribution in [0.3, 0.4) is 0 Å². The molecular weight excluding hydrogens is 429 g/mol. The molecule has 174 valence electrons. The number of alkyl halides is 3. The van der Waals surface area contributed by atoms with Crippen molar-refractivity contribution in [1.29, 1.82) is 0 Å². The Morgan fingerprint density at radius 3 is 1.84 bits per heavy atom. The van der Waals surface area contributed by atoms with Gasteiger partial charge in [-0.2, -0.15) is 13.2 Å². The highest BCUT2D eigenvalue weighted by Crippen LogP contribution is 2.39. The van der Waals surface area contributed by atoms with E-state index in [1.807, 2.05) is 0 Å². The second kappa shape index (κ2) is 11.3. The maximum atomic E-state index is 12.6. The first-order valence-electron chi connectivity index (χ1n) is 10.0. The topological polar surface area (TPSA) is 85.9 Å². The van der Waals surface area contributed by atoms with Gasteiger partial charge in [0.2, 0.25) is 11.7 Å². The van der Waals surface area contributed by atoms with Crippen LogP contribution in [0.25, 0.3) is 0 Å². The molecule has 2 aromatic rings. The highest BCUT2D eigenvalue weighted by molar-refractivity contribution is 5.96. The molecular formula is C22H25F3N2O5. The van der Waals surface area contributed by atoms with Crippen molar-refractivity contribution in [2.75, 3.05) is 19.8 Å². The van der Waals surface area contributed by atoms with Crippen molar-refractivity contribution in [3.05, 3.63) is 53.1 Å². The van der Waals surface area contributed by atoms with Crippen molar-refractivity contribution in [2.24, 2.45) is 0 Å². The van der Waals surface area contributed by atoms with E-state index >= 15 is 0 Å². The number of carbonyl (C=O) groups excluding carboxylic acids is 2. The van der Waals surface area contributed by atoms with E-state index in [1.165, 1.54) is 24.3 Å². The summed E-state index contributed by atoms with van der Waals surface area (Å²) in [7, 11) is 0. The van der Waals surface area contributed by atoms with Gasteiger partial charge >= 0.3 is 6.18 Å². The van der Waals surface area contributed by atoms with E-state index in [0.717, 1.165) is 12.1 Å². The minimum atomic E-state index is -4.45. The molecule has 0 aromatic heterocycles. The molecule has 0 bridgehead atoms. The van der Waals surface area contributed by atoms with E-state index in [2.05, 4.69) is 10.9 Å². The number of hydrogen-bond donors (Lipinski definition) is 2. The van der Waals surface area contributed by atoms with Crippen LogP contribution in [0, 0.1) is 0 Å². The number of hydrogen-bond acceptors (Lipinski definition) is 5. The van der Waals surface area contributed by atoms with E-state index in [1.54, 1.807) is 20.8 Å². The summed E-state index contributed by atoms with van der Waals surface area (Å²) in [6, 6.07) is 7.14. The van der Waals surface area contributed by atoms with Gasteiger partial charge in [-0.25, -0.2) is 0 Å². The Kier molecular flexibility index (Phi) is 8.74. The fraction of sp³-hybridized carbons (Fsp3) is 0.364. The van der Waals surface area contributed by atoms with Crippen molar-refractivity contribution in [3.8, 4) is 17.2 Å². The molecule has 7 nitrogen and oxygen atoms in total. The smallest absolute Gasteiger partial charge is 0.416 e. The average molecular weight is 454 g/mol. The second-order valence-electron chi connectivity index (χ2n) is 6.47. The summed E-state index contributed by atoms with van der Waals surface area (Å²) in [4.78, 5) is 24.6. The molecule has 0 saturated carbocycles. The van der Waals surface area contributed by atoms with Crippen LogP contribution in [0.5, 0.6) is 17.2 Å². The van der Waals surface area contributed by atoms with Gasteiger partial charge in [0, 0.05) is 5.56 Å². The minimum absolute atomic E-state index is 0.162. The van der Waals surface area contributed by atoms with E-state index in [0.29, 0.717) is 42.6 Å². The van der Waals surface area contributed by atoms with Gasteiger partial charge in [-0.3, -0.25) is 20.4 Å². The molecule has 0 fully saturated rings. The molecule has 0 saturated heterocycles. The summed E-state index contributed by atoms with van der Waals surface area (Å²) < 4.78 is 54.6. The molecule has 0 radical (unpaired) electrons. The number of amides is 2. The number of nitrogens with one attached hydrogen (secondary N) is 2. The Morgan fingerprint density at radius 1 is 0.844 bits per heavy atom. The first kappa shape index (κ1) is 24.8. The van der Waals surface area contributed by atoms with Gasteiger partial charge in [-0.05, 0) is 50.6 Å². The Hall–Kier alpha value is -3.43. The van der Waals surface area contributed by atoms with Gasteiger partial charge in [0.25, 0.3) is 5.91 Å². The van der Waals surface area contributed by atoms with Gasteiger partial charge in [0.1, 0.15) is 0 Å². The molecule has 2 aromatic carbocycles. The molecule has 2 rings (SSSR count). The molecule has 2 amide bonds. The van der Waals surface area contributed by atoms with Gasteiger partial charge in [0.05, 0.1) is 31.8 Å². The number of hydrazine groups is 1. The number of rotatable bonds is 9. The highest BCUT2D eigenvalue weighted by Gasteiger charge is 2.30. The van der Waals surface area contributed by atoms with Gasteiger partial charge in [-0.1, -0.05) is 12.1 Å². The van der Waals surface area contributed by atoms with Crippen molar-refractivity contribution < 1.29 is 37.0 Å². The Bertz CT molecular complexity index is 903. The number of benzene rings is 2. The van der Waals surface area contributed by atoms with Crippen molar-refractivity contribution >= 4 is 11.8 Å². The summed E-state index contributed by atoms with van der Waals surface area (Å²) in [5.74, 6) is -0.211. The number of carbonyl (C=O) groups is 2. The van der Waals surface area contributed by atoms with Crippen LogP contribution in [-0.2, 0) is 17.4 Å². The van der Waals surface area contributed by atoms with Crippen LogP contribution in [0.2, 0.25) is 0 Å². The van der Waals surface area contributed by atoms with Crippen LogP contribution in [0.4, 0.5) is 13.2 Å². The standard InChI is InChI=1S/C22H25F3N2O5/c1-4-30-17-12-15(13-18(31-5-2)20(17)32-6-3)21(29)27-26-19(28)11-14-7-9-16(10-8-14)22(23,24)25/h7-10,12-13H,4-6,11H2,1-3H3,(H,26,28)(H,27,29). The first-order chi connectivity index (χ1) is 15.2. The highest BCUT2D eigenvalue weighted by atomic mass is 19.4. The van der Waals surface area contributed by atoms with Crippen molar-refractivity contribution in [1.82, 2.24) is 10.9 Å². The molecule has 0 heterocycles. The largest absolute Gasteiger partial charge is 0.490 e. The lowest BCUT2D eigenvalue weighted by atomic mass is 10.1. The average Bonchev–Trinajstić information content (AvgIpc) is 2.74. The first-order valence-corrected chi connectivity index (χ1v) is 10.0. The van der Waals surface area contributed by atoms with Gasteiger partial charge in [0.15, 0.2) is 11.5 Å². The van der Waals surface area contributed by atoms with E-state index < -0.39 is 23.6 Å². The summed E-state index contributed by atoms with van der Waals surface area (Å²) in [5, 5.41) is 0. The monoisotopic (exact) mass is 454 g/mol. The minimum Gasteiger partial charge on any atom is -0.490 e. The van der Waals surface area contributed by atoms with Crippen LogP contribution < -0.4 is 25.1 Å². The lowest BCUT2D eigenvalue weighted by Gasteiger charge is -2.17. The van der Waals surface area contributed by atoms with Gasteiger partial charge in [-0.15, -0.1) is 0 Å². The van der Waals surface area contributed by atoms with Gasteiger partial charge < -0.3 is 14.2 Å². The van der Waals surface area contributed by atoms with Crippen LogP contribution in [-0.4, -0.2) is 31.6 Å². The number of halogens is 3. The molecule has 10 heteroatoms. The third kappa shape index (κ3) is 6.79. The third-order valence-corrected chi connectivity index (χ3v) is 4.13. The maximum absolute atomic E-state index is 12.6. The second-order valence-corrected chi connectivity index (χ2v) is 6.47. The number of ether oxygens (including phenoxy) is 3. The third-order valence-electron chi connectivity index (χ3n) is 4.13. The molecule has 0 atom stereocenters. The zero-order chi connectivity index (χ0) is 23.7. The lowest BCUT2D eigenvalue weighted by Crippen LogP contribution is -2.42. The zero-order valence-corrected chi connectivity index (χ0v) is 18.0. The summed E-state index contributed by atoms with van der Waals surface area (Å²) >= 11 is 0. The van der Waals surface area contributed by atoms with E-state index in [4.69, 9.17) is 14.2 Å². The predicted molar refractivity (Wildman–Crippen MR) is 111 cm³/mol. The fourth-order valence-electron chi connectivity index (χ4n) is 2.76. The van der Waals surface area contributed by atoms with Crippen molar-refractivity contribution in [2.45, 2.75) is 33.4 Å². The molecule has 0 spiro atoms. The molecule has 2 N–H and O–H groups in total. The summed E-state index contributed by atoms with van der Waals surface area (Å²) in [6.07, 6.45) is -4.66. The predicted octanol–water partition coefficient (Wildman–Crippen LogP) is 3.91. The van der Waals surface area contributed by atoms with Crippen LogP contribution in [0.1, 0.15) is 42.3 Å². The Morgan fingerprint density at radius 2 is 1.38 bits per heavy atom. The summed E-state index contributed by atoms with van der Waals surface area (Å²) in [5.41, 5.74) is 4.24. The quantitative estimate of drug-likeness (QED) is 0.562. The Labute approximate surface area is 183 Å². The molecule has 0 aliphatic carbocycles. The van der Waals surface area contributed by atoms with E-state index in [-0.39, 0.29) is 12.0 Å². The SMILES string of the molecule is CCOc1cc(C(=O)NNC(=O)Cc2ccc(C(F)(F)F)cc2)cc(OCC)c1OCC. The molecule has 0 aliphatic rings. The molecule has 0 aliphatic heterocycles. The summed E-state index contributed by atoms with van der Waals surface area (Å²) in [6.45, 7) is 6.40. The van der Waals surface area contributed by atoms with E-state index in [9.17, 15) is 22.8 Å². The van der Waals surface area contributed by atoms with Crippen LogP contribution >= 0.6 is 0 Å². The lowest BCUT2D eigenvalue weighted by molar-refractivity contribution is -0.137. The fourth-order valence-corrected chi connectivity index (χ4v) is 2.76.